The summed E-state index contributed by atoms with van der Waals surface area (Å²) in [6.45, 7) is 12.0. The molecule has 0 aliphatic heterocycles. The average molecular weight is 301 g/mol. The van der Waals surface area contributed by atoms with E-state index in [1.54, 1.807) is 0 Å². The first-order valence-corrected chi connectivity index (χ1v) is 8.32. The lowest BCUT2D eigenvalue weighted by molar-refractivity contribution is -0.119. The van der Waals surface area contributed by atoms with Gasteiger partial charge in [0, 0.05) is 6.54 Å². The van der Waals surface area contributed by atoms with Gasteiger partial charge in [-0.15, -0.1) is 0 Å². The van der Waals surface area contributed by atoms with Crippen LogP contribution in [0.2, 0.25) is 0 Å². The van der Waals surface area contributed by atoms with Crippen molar-refractivity contribution in [2.45, 2.75) is 78.1 Å². The minimum atomic E-state index is -0.573. The number of ether oxygens (including phenoxy) is 2. The number of aliphatic hydroxyl groups is 1. The molecule has 0 aromatic rings. The van der Waals surface area contributed by atoms with Crippen LogP contribution in [0.5, 0.6) is 0 Å². The Morgan fingerprint density at radius 3 is 2.19 bits per heavy atom. The van der Waals surface area contributed by atoms with Crippen molar-refractivity contribution < 1.29 is 14.6 Å². The van der Waals surface area contributed by atoms with Crippen LogP contribution in [0.25, 0.3) is 0 Å². The first kappa shape index (κ1) is 18.9. The van der Waals surface area contributed by atoms with Gasteiger partial charge in [-0.25, -0.2) is 0 Å². The molecule has 4 heteroatoms. The Labute approximate surface area is 130 Å². The van der Waals surface area contributed by atoms with Crippen LogP contribution >= 0.6 is 0 Å². The molecule has 1 aliphatic carbocycles. The van der Waals surface area contributed by atoms with Crippen molar-refractivity contribution in [3.8, 4) is 0 Å². The zero-order chi connectivity index (χ0) is 16.1. The molecule has 1 saturated carbocycles. The highest BCUT2D eigenvalue weighted by molar-refractivity contribution is 4.91. The average Bonchev–Trinajstić information content (AvgIpc) is 2.42. The maximum Gasteiger partial charge on any atom is 0.101 e. The second-order valence-corrected chi connectivity index (χ2v) is 7.87. The maximum atomic E-state index is 9.93. The van der Waals surface area contributed by atoms with Gasteiger partial charge in [0.2, 0.25) is 0 Å². The molecule has 21 heavy (non-hydrogen) atoms. The molecule has 3 N–H and O–H groups in total. The van der Waals surface area contributed by atoms with Gasteiger partial charge in [0.15, 0.2) is 0 Å². The first-order chi connectivity index (χ1) is 9.68. The third-order valence-electron chi connectivity index (χ3n) is 4.70. The van der Waals surface area contributed by atoms with Crippen LogP contribution in [0.3, 0.4) is 0 Å². The lowest BCUT2D eigenvalue weighted by Gasteiger charge is -2.43. The van der Waals surface area contributed by atoms with Gasteiger partial charge in [0.05, 0.1) is 24.9 Å². The van der Waals surface area contributed by atoms with Gasteiger partial charge in [0.1, 0.15) is 6.10 Å². The molecular weight excluding hydrogens is 266 g/mol. The van der Waals surface area contributed by atoms with E-state index < -0.39 is 6.10 Å². The molecule has 1 aliphatic rings. The Kier molecular flexibility index (Phi) is 7.11. The summed E-state index contributed by atoms with van der Waals surface area (Å²) >= 11 is 0. The summed E-state index contributed by atoms with van der Waals surface area (Å²) in [7, 11) is 0. The lowest BCUT2D eigenvalue weighted by Crippen LogP contribution is -2.47. The van der Waals surface area contributed by atoms with Crippen LogP contribution in [0, 0.1) is 11.3 Å². The maximum absolute atomic E-state index is 9.93. The normalized spacial score (nSPS) is 28.9. The fourth-order valence-corrected chi connectivity index (χ4v) is 3.04. The molecule has 1 rings (SSSR count). The highest BCUT2D eigenvalue weighted by atomic mass is 16.5. The number of hydrogen-bond donors (Lipinski definition) is 2. The van der Waals surface area contributed by atoms with Gasteiger partial charge >= 0.3 is 0 Å². The Morgan fingerprint density at radius 1 is 1.19 bits per heavy atom. The zero-order valence-corrected chi connectivity index (χ0v) is 14.5. The van der Waals surface area contributed by atoms with Crippen molar-refractivity contribution >= 4 is 0 Å². The molecule has 0 heterocycles. The van der Waals surface area contributed by atoms with Crippen LogP contribution in [0.15, 0.2) is 0 Å². The monoisotopic (exact) mass is 301 g/mol. The van der Waals surface area contributed by atoms with E-state index >= 15 is 0 Å². The Balaban J connectivity index is 2.41. The number of hydrogen-bond acceptors (Lipinski definition) is 4. The highest BCUT2D eigenvalue weighted by Gasteiger charge is 2.38. The van der Waals surface area contributed by atoms with Crippen molar-refractivity contribution in [1.82, 2.24) is 0 Å². The van der Waals surface area contributed by atoms with E-state index in [9.17, 15) is 5.11 Å². The second-order valence-electron chi connectivity index (χ2n) is 7.87. The van der Waals surface area contributed by atoms with E-state index in [0.717, 1.165) is 31.6 Å². The molecule has 0 bridgehead atoms. The van der Waals surface area contributed by atoms with Crippen molar-refractivity contribution in [3.05, 3.63) is 0 Å². The predicted octanol–water partition coefficient (Wildman–Crippen LogP) is 2.72. The molecule has 126 valence electrons. The molecule has 1 fully saturated rings. The van der Waals surface area contributed by atoms with Crippen LogP contribution in [-0.4, -0.2) is 42.7 Å². The largest absolute Gasteiger partial charge is 0.388 e. The molecule has 1 atom stereocenters. The smallest absolute Gasteiger partial charge is 0.101 e. The Bertz CT molecular complexity index is 291. The molecule has 0 amide bonds. The summed E-state index contributed by atoms with van der Waals surface area (Å²) < 4.78 is 11.4. The molecule has 1 unspecified atom stereocenters. The molecule has 0 radical (unpaired) electrons. The molecule has 0 saturated heterocycles. The van der Waals surface area contributed by atoms with Crippen molar-refractivity contribution in [3.63, 3.8) is 0 Å². The Hall–Kier alpha value is -0.160. The van der Waals surface area contributed by atoms with Gasteiger partial charge in [-0.3, -0.25) is 0 Å². The van der Waals surface area contributed by atoms with E-state index in [2.05, 4.69) is 20.8 Å². The third-order valence-corrected chi connectivity index (χ3v) is 4.70. The van der Waals surface area contributed by atoms with E-state index in [1.165, 1.54) is 0 Å². The van der Waals surface area contributed by atoms with Gasteiger partial charge < -0.3 is 20.3 Å². The minimum Gasteiger partial charge on any atom is -0.388 e. The molecular formula is C17H35NO3. The molecule has 0 aromatic carbocycles. The summed E-state index contributed by atoms with van der Waals surface area (Å²) in [6.07, 6.45) is 3.84. The summed E-state index contributed by atoms with van der Waals surface area (Å²) in [5, 5.41) is 9.93. The predicted molar refractivity (Wildman–Crippen MR) is 86.2 cm³/mol. The fraction of sp³-hybridized carbons (Fsp3) is 1.00. The highest BCUT2D eigenvalue weighted by Crippen LogP contribution is 2.42. The number of nitrogens with two attached hydrogens (primary N) is 1. The summed E-state index contributed by atoms with van der Waals surface area (Å²) in [4.78, 5) is 0. The van der Waals surface area contributed by atoms with Gasteiger partial charge in [-0.05, 0) is 50.9 Å². The topological polar surface area (TPSA) is 64.7 Å². The molecule has 0 spiro atoms. The Morgan fingerprint density at radius 2 is 1.76 bits per heavy atom. The van der Waals surface area contributed by atoms with Gasteiger partial charge in [0.25, 0.3) is 0 Å². The van der Waals surface area contributed by atoms with E-state index in [4.69, 9.17) is 15.2 Å². The number of rotatable bonds is 7. The van der Waals surface area contributed by atoms with Crippen LogP contribution in [0.1, 0.15) is 60.3 Å². The van der Waals surface area contributed by atoms with Gasteiger partial charge in [-0.1, -0.05) is 20.8 Å². The summed E-state index contributed by atoms with van der Waals surface area (Å²) in [6, 6.07) is 0. The second kappa shape index (κ2) is 7.91. The van der Waals surface area contributed by atoms with Crippen LogP contribution in [-0.2, 0) is 9.47 Å². The molecule has 0 aromatic heterocycles. The number of aliphatic hydroxyl groups excluding tert-OH is 1. The lowest BCUT2D eigenvalue weighted by atomic mass is 9.68. The zero-order valence-electron chi connectivity index (χ0n) is 14.5. The standard InChI is InChI=1S/C17H35NO3/c1-13(2)20-10-15(19)11-21-17(12-18)8-6-14(7-9-17)16(3,4)5/h13-15,19H,6-12,18H2,1-5H3. The fourth-order valence-electron chi connectivity index (χ4n) is 3.04. The van der Waals surface area contributed by atoms with Crippen LogP contribution in [0.4, 0.5) is 0 Å². The van der Waals surface area contributed by atoms with E-state index in [0.29, 0.717) is 25.2 Å². The van der Waals surface area contributed by atoms with Crippen molar-refractivity contribution in [1.29, 1.82) is 0 Å². The van der Waals surface area contributed by atoms with Gasteiger partial charge in [-0.2, -0.15) is 0 Å². The molecule has 4 nitrogen and oxygen atoms in total. The summed E-state index contributed by atoms with van der Waals surface area (Å²) in [5.74, 6) is 0.731. The SMILES string of the molecule is CC(C)OCC(O)COC1(CN)CCC(C(C)(C)C)CC1. The van der Waals surface area contributed by atoms with Crippen molar-refractivity contribution in [2.24, 2.45) is 17.1 Å². The van der Waals surface area contributed by atoms with E-state index in [1.807, 2.05) is 13.8 Å². The first-order valence-electron chi connectivity index (χ1n) is 8.32. The van der Waals surface area contributed by atoms with Crippen LogP contribution < -0.4 is 5.73 Å². The minimum absolute atomic E-state index is 0.130. The third kappa shape index (κ3) is 6.23. The van der Waals surface area contributed by atoms with E-state index in [-0.39, 0.29) is 11.7 Å². The van der Waals surface area contributed by atoms with Crippen molar-refractivity contribution in [2.75, 3.05) is 19.8 Å². The summed E-state index contributed by atoms with van der Waals surface area (Å²) in [5.41, 5.74) is 6.07. The quantitative estimate of drug-likeness (QED) is 0.759.